The van der Waals surface area contributed by atoms with Gasteiger partial charge in [0.2, 0.25) is 0 Å². The highest BCUT2D eigenvalue weighted by molar-refractivity contribution is 5.99. The highest BCUT2D eigenvalue weighted by atomic mass is 16.2. The third-order valence-corrected chi connectivity index (χ3v) is 8.73. The molecule has 0 saturated carbocycles. The van der Waals surface area contributed by atoms with Crippen LogP contribution in [0.1, 0.15) is 68.0 Å². The molecule has 4 aromatic rings. The molecular weight excluding hydrogens is 566 g/mol. The molecule has 2 aliphatic heterocycles. The fraction of sp³-hybridized carbons (Fsp3) is 0.314. The summed E-state index contributed by atoms with van der Waals surface area (Å²) < 4.78 is 1.75. The lowest BCUT2D eigenvalue weighted by molar-refractivity contribution is 0.0649. The van der Waals surface area contributed by atoms with Gasteiger partial charge in [-0.25, -0.2) is 4.68 Å². The molecule has 228 valence electrons. The standard InChI is InChI=1S/C35H35N7O3/c36-22-25-2-4-26(5-3-25)24-40-18-14-30(15-19-40)39-34(44)32-11-8-29(23-37-32)35(45)41-20-12-28(13-21-41)33(43)27-6-9-31(10-7-27)42-17-1-16-38-42/h1-11,16-17,23,28,30H,12-15,18-21,24H2,(H,39,44). The molecule has 2 aliphatic rings. The van der Waals surface area contributed by atoms with Crippen molar-refractivity contribution in [3.05, 3.63) is 113 Å². The molecule has 0 aliphatic carbocycles. The van der Waals surface area contributed by atoms with E-state index in [0.717, 1.165) is 38.2 Å². The number of carbonyl (C=O) groups excluding carboxylic acids is 3. The quantitative estimate of drug-likeness (QED) is 0.299. The maximum atomic E-state index is 13.2. The smallest absolute Gasteiger partial charge is 0.270 e. The van der Waals surface area contributed by atoms with Crippen LogP contribution in [-0.2, 0) is 6.54 Å². The molecular formula is C35H35N7O3. The van der Waals surface area contributed by atoms with Crippen LogP contribution in [0.15, 0.2) is 85.3 Å². The molecule has 0 atom stereocenters. The predicted octanol–water partition coefficient (Wildman–Crippen LogP) is 4.27. The van der Waals surface area contributed by atoms with Crippen molar-refractivity contribution < 1.29 is 14.4 Å². The first kappa shape index (κ1) is 29.9. The van der Waals surface area contributed by atoms with Gasteiger partial charge in [-0.1, -0.05) is 12.1 Å². The monoisotopic (exact) mass is 601 g/mol. The van der Waals surface area contributed by atoms with Gasteiger partial charge in [0.15, 0.2) is 5.78 Å². The lowest BCUT2D eigenvalue weighted by Gasteiger charge is -2.32. The van der Waals surface area contributed by atoms with Crippen LogP contribution in [0, 0.1) is 17.2 Å². The Kier molecular flexibility index (Phi) is 9.08. The second-order valence-corrected chi connectivity index (χ2v) is 11.7. The number of nitrogens with one attached hydrogen (secondary N) is 1. The molecule has 6 rings (SSSR count). The van der Waals surface area contributed by atoms with Crippen LogP contribution < -0.4 is 5.32 Å². The fourth-order valence-corrected chi connectivity index (χ4v) is 6.06. The van der Waals surface area contributed by atoms with Gasteiger partial charge in [-0.3, -0.25) is 24.3 Å². The van der Waals surface area contributed by atoms with Crippen molar-refractivity contribution in [2.24, 2.45) is 5.92 Å². The van der Waals surface area contributed by atoms with Crippen LogP contribution in [0.2, 0.25) is 0 Å². The molecule has 2 aromatic heterocycles. The van der Waals surface area contributed by atoms with E-state index in [1.54, 1.807) is 27.9 Å². The molecule has 2 fully saturated rings. The zero-order valence-corrected chi connectivity index (χ0v) is 25.0. The number of likely N-dealkylation sites (tertiary alicyclic amines) is 2. The number of carbonyl (C=O) groups is 3. The minimum absolute atomic E-state index is 0.0659. The van der Waals surface area contributed by atoms with Gasteiger partial charge in [-0.2, -0.15) is 10.4 Å². The Morgan fingerprint density at radius 2 is 1.58 bits per heavy atom. The summed E-state index contributed by atoms with van der Waals surface area (Å²) in [4.78, 5) is 47.6. The maximum absolute atomic E-state index is 13.2. The average molecular weight is 602 g/mol. The molecule has 0 spiro atoms. The van der Waals surface area contributed by atoms with E-state index in [2.05, 4.69) is 26.4 Å². The van der Waals surface area contributed by atoms with Crippen molar-refractivity contribution in [3.63, 3.8) is 0 Å². The third-order valence-electron chi connectivity index (χ3n) is 8.73. The normalized spacial score (nSPS) is 16.2. The Bertz CT molecular complexity index is 1660. The lowest BCUT2D eigenvalue weighted by atomic mass is 9.88. The highest BCUT2D eigenvalue weighted by Gasteiger charge is 2.29. The van der Waals surface area contributed by atoms with E-state index < -0.39 is 0 Å². The number of aromatic nitrogens is 3. The molecule has 2 amide bonds. The van der Waals surface area contributed by atoms with Gasteiger partial charge in [-0.05, 0) is 85.8 Å². The number of Topliss-reactive ketones (excluding diaryl/α,β-unsaturated/α-hetero) is 1. The molecule has 10 nitrogen and oxygen atoms in total. The summed E-state index contributed by atoms with van der Waals surface area (Å²) in [5.41, 5.74) is 4.11. The second-order valence-electron chi connectivity index (χ2n) is 11.7. The van der Waals surface area contributed by atoms with E-state index >= 15 is 0 Å². The van der Waals surface area contributed by atoms with Gasteiger partial charge in [0.1, 0.15) is 5.69 Å². The van der Waals surface area contributed by atoms with E-state index in [9.17, 15) is 14.4 Å². The van der Waals surface area contributed by atoms with Gasteiger partial charge >= 0.3 is 0 Å². The topological polar surface area (TPSA) is 124 Å². The van der Waals surface area contributed by atoms with Crippen molar-refractivity contribution in [1.82, 2.24) is 29.9 Å². The van der Waals surface area contributed by atoms with Crippen molar-refractivity contribution in [2.45, 2.75) is 38.3 Å². The van der Waals surface area contributed by atoms with E-state index in [1.165, 1.54) is 11.8 Å². The molecule has 4 heterocycles. The number of rotatable bonds is 8. The molecule has 0 bridgehead atoms. The van der Waals surface area contributed by atoms with E-state index in [-0.39, 0.29) is 35.3 Å². The summed E-state index contributed by atoms with van der Waals surface area (Å²) in [7, 11) is 0. The molecule has 1 N–H and O–H groups in total. The summed E-state index contributed by atoms with van der Waals surface area (Å²) >= 11 is 0. The van der Waals surface area contributed by atoms with Crippen molar-refractivity contribution in [3.8, 4) is 11.8 Å². The number of piperidine rings is 2. The Balaban J connectivity index is 0.947. The maximum Gasteiger partial charge on any atom is 0.270 e. The summed E-state index contributed by atoms with van der Waals surface area (Å²) in [6.07, 6.45) is 7.92. The SMILES string of the molecule is N#Cc1ccc(CN2CCC(NC(=O)c3ccc(C(=O)N4CCC(C(=O)c5ccc(-n6cccn6)cc5)CC4)cn3)CC2)cc1. The first-order valence-corrected chi connectivity index (χ1v) is 15.4. The highest BCUT2D eigenvalue weighted by Crippen LogP contribution is 2.24. The number of nitrogens with zero attached hydrogens (tertiary/aromatic N) is 6. The van der Waals surface area contributed by atoms with Gasteiger partial charge in [-0.15, -0.1) is 0 Å². The third kappa shape index (κ3) is 7.16. The average Bonchev–Trinajstić information content (AvgIpc) is 3.64. The molecule has 0 radical (unpaired) electrons. The van der Waals surface area contributed by atoms with E-state index in [4.69, 9.17) is 5.26 Å². The van der Waals surface area contributed by atoms with Crippen molar-refractivity contribution in [2.75, 3.05) is 26.2 Å². The van der Waals surface area contributed by atoms with Crippen molar-refractivity contribution in [1.29, 1.82) is 5.26 Å². The summed E-state index contributed by atoms with van der Waals surface area (Å²) in [6.45, 7) is 3.54. The molecule has 0 unspecified atom stereocenters. The van der Waals surface area contributed by atoms with Crippen LogP contribution >= 0.6 is 0 Å². The minimum Gasteiger partial charge on any atom is -0.348 e. The number of ketones is 1. The van der Waals surface area contributed by atoms with Gasteiger partial charge in [0.25, 0.3) is 11.8 Å². The van der Waals surface area contributed by atoms with E-state index in [0.29, 0.717) is 42.6 Å². The van der Waals surface area contributed by atoms with Crippen LogP contribution in [0.25, 0.3) is 5.69 Å². The van der Waals surface area contributed by atoms with Crippen molar-refractivity contribution >= 4 is 17.6 Å². The number of amides is 2. The Hall–Kier alpha value is -5.14. The van der Waals surface area contributed by atoms with Crippen LogP contribution in [0.5, 0.6) is 0 Å². The summed E-state index contributed by atoms with van der Waals surface area (Å²) in [5, 5.41) is 16.3. The van der Waals surface area contributed by atoms with E-state index in [1.807, 2.05) is 60.8 Å². The first-order chi connectivity index (χ1) is 22.0. The second kappa shape index (κ2) is 13.7. The Morgan fingerprint density at radius 3 is 2.20 bits per heavy atom. The van der Waals surface area contributed by atoms with Crippen LogP contribution in [0.4, 0.5) is 0 Å². The van der Waals surface area contributed by atoms with Gasteiger partial charge in [0, 0.05) is 68.8 Å². The van der Waals surface area contributed by atoms with Gasteiger partial charge < -0.3 is 10.2 Å². The summed E-state index contributed by atoms with van der Waals surface area (Å²) in [5.74, 6) is -0.408. The number of pyridine rings is 1. The zero-order valence-electron chi connectivity index (χ0n) is 25.0. The lowest BCUT2D eigenvalue weighted by Crippen LogP contribution is -2.44. The molecule has 2 saturated heterocycles. The largest absolute Gasteiger partial charge is 0.348 e. The van der Waals surface area contributed by atoms with Crippen LogP contribution in [-0.4, -0.2) is 74.4 Å². The first-order valence-electron chi connectivity index (χ1n) is 15.4. The number of nitriles is 1. The Morgan fingerprint density at radius 1 is 0.867 bits per heavy atom. The Labute approximate surface area is 262 Å². The summed E-state index contributed by atoms with van der Waals surface area (Å²) in [6, 6.07) is 22.4. The van der Waals surface area contributed by atoms with Gasteiger partial charge in [0.05, 0.1) is 22.9 Å². The molecule has 10 heteroatoms. The van der Waals surface area contributed by atoms with Crippen LogP contribution in [0.3, 0.4) is 0 Å². The molecule has 2 aromatic carbocycles. The number of hydrogen-bond acceptors (Lipinski definition) is 7. The number of hydrogen-bond donors (Lipinski definition) is 1. The fourth-order valence-electron chi connectivity index (χ4n) is 6.06. The number of benzene rings is 2. The minimum atomic E-state index is -0.239. The zero-order chi connectivity index (χ0) is 31.2. The predicted molar refractivity (Wildman–Crippen MR) is 168 cm³/mol. The molecule has 45 heavy (non-hydrogen) atoms.